The van der Waals surface area contributed by atoms with Crippen LogP contribution in [0.25, 0.3) is 0 Å². The van der Waals surface area contributed by atoms with Gasteiger partial charge < -0.3 is 9.88 Å². The predicted octanol–water partition coefficient (Wildman–Crippen LogP) is 2.41. The van der Waals surface area contributed by atoms with Crippen molar-refractivity contribution in [3.05, 3.63) is 18.2 Å². The summed E-state index contributed by atoms with van der Waals surface area (Å²) in [6.45, 7) is 7.66. The molecule has 0 aliphatic rings. The van der Waals surface area contributed by atoms with Crippen LogP contribution in [0.3, 0.4) is 0 Å². The van der Waals surface area contributed by atoms with Crippen LogP contribution in [0.5, 0.6) is 0 Å². The van der Waals surface area contributed by atoms with E-state index in [2.05, 4.69) is 47.7 Å². The Balaban J connectivity index is 1.99. The van der Waals surface area contributed by atoms with Gasteiger partial charge in [-0.15, -0.1) is 0 Å². The third kappa shape index (κ3) is 7.33. The van der Waals surface area contributed by atoms with E-state index in [1.54, 1.807) is 0 Å². The van der Waals surface area contributed by atoms with E-state index in [1.807, 2.05) is 12.4 Å². The Hall–Kier alpha value is -0.870. The topological polar surface area (TPSA) is 33.1 Å². The van der Waals surface area contributed by atoms with Crippen molar-refractivity contribution in [3.8, 4) is 0 Å². The Morgan fingerprint density at radius 1 is 1.26 bits per heavy atom. The number of nitrogens with zero attached hydrogens (tertiary/aromatic N) is 3. The molecule has 0 aliphatic heterocycles. The molecule has 0 aliphatic carbocycles. The van der Waals surface area contributed by atoms with Gasteiger partial charge in [0.15, 0.2) is 0 Å². The summed E-state index contributed by atoms with van der Waals surface area (Å²) in [5.41, 5.74) is 0. The number of hydrogen-bond donors (Lipinski definition) is 1. The molecule has 0 amide bonds. The van der Waals surface area contributed by atoms with Gasteiger partial charge in [0, 0.05) is 25.5 Å². The monoisotopic (exact) mass is 266 g/mol. The predicted molar refractivity (Wildman–Crippen MR) is 81.1 cm³/mol. The van der Waals surface area contributed by atoms with E-state index in [0.717, 1.165) is 25.5 Å². The van der Waals surface area contributed by atoms with Crippen LogP contribution in [-0.4, -0.2) is 40.6 Å². The first-order chi connectivity index (χ1) is 9.09. The van der Waals surface area contributed by atoms with Crippen molar-refractivity contribution in [3.63, 3.8) is 0 Å². The van der Waals surface area contributed by atoms with Gasteiger partial charge >= 0.3 is 0 Å². The van der Waals surface area contributed by atoms with Gasteiger partial charge in [-0.2, -0.15) is 0 Å². The molecule has 110 valence electrons. The number of rotatable bonds is 10. The molecule has 1 rings (SSSR count). The van der Waals surface area contributed by atoms with Crippen molar-refractivity contribution >= 4 is 0 Å². The lowest BCUT2D eigenvalue weighted by atomic mass is 10.2. The first-order valence-electron chi connectivity index (χ1n) is 7.47. The van der Waals surface area contributed by atoms with E-state index >= 15 is 0 Å². The zero-order valence-corrected chi connectivity index (χ0v) is 13.0. The smallest absolute Gasteiger partial charge is 0.122 e. The maximum absolute atomic E-state index is 4.35. The molecule has 0 saturated carbocycles. The van der Waals surface area contributed by atoms with Crippen molar-refractivity contribution in [2.75, 3.05) is 20.1 Å². The lowest BCUT2D eigenvalue weighted by Crippen LogP contribution is -2.23. The number of unbranched alkanes of at least 4 members (excludes halogenated alkanes) is 3. The fourth-order valence-electron chi connectivity index (χ4n) is 2.12. The molecule has 1 N–H and O–H groups in total. The molecule has 0 saturated heterocycles. The quantitative estimate of drug-likeness (QED) is 0.660. The van der Waals surface area contributed by atoms with Crippen LogP contribution in [-0.2, 0) is 13.6 Å². The van der Waals surface area contributed by atoms with Crippen LogP contribution in [0.2, 0.25) is 0 Å². The fraction of sp³-hybridized carbons (Fsp3) is 0.800. The molecule has 0 spiro atoms. The second-order valence-electron chi connectivity index (χ2n) is 5.72. The van der Waals surface area contributed by atoms with Crippen LogP contribution in [0.15, 0.2) is 12.4 Å². The molecule has 4 heteroatoms. The lowest BCUT2D eigenvalue weighted by molar-refractivity contribution is 0.305. The Morgan fingerprint density at radius 3 is 2.63 bits per heavy atom. The molecule has 1 aromatic heterocycles. The number of aryl methyl sites for hydroxylation is 1. The molecular formula is C15H30N4. The van der Waals surface area contributed by atoms with Crippen LogP contribution in [0.1, 0.15) is 45.4 Å². The summed E-state index contributed by atoms with van der Waals surface area (Å²) in [4.78, 5) is 6.71. The molecule has 0 bridgehead atoms. The number of nitrogens with one attached hydrogen (secondary N) is 1. The third-order valence-corrected chi connectivity index (χ3v) is 3.35. The van der Waals surface area contributed by atoms with Gasteiger partial charge in [0.2, 0.25) is 0 Å². The summed E-state index contributed by atoms with van der Waals surface area (Å²) in [7, 11) is 4.23. The minimum absolute atomic E-state index is 0.615. The van der Waals surface area contributed by atoms with Gasteiger partial charge in [-0.3, -0.25) is 4.90 Å². The van der Waals surface area contributed by atoms with E-state index in [9.17, 15) is 0 Å². The largest absolute Gasteiger partial charge is 0.337 e. The van der Waals surface area contributed by atoms with Crippen molar-refractivity contribution in [2.45, 2.75) is 52.1 Å². The summed E-state index contributed by atoms with van der Waals surface area (Å²) in [5.74, 6) is 1.14. The average Bonchev–Trinajstić information content (AvgIpc) is 2.73. The molecule has 1 heterocycles. The average molecular weight is 266 g/mol. The van der Waals surface area contributed by atoms with Crippen molar-refractivity contribution in [1.29, 1.82) is 0 Å². The van der Waals surface area contributed by atoms with E-state index in [4.69, 9.17) is 0 Å². The molecule has 0 atom stereocenters. The number of aromatic nitrogens is 2. The fourth-order valence-corrected chi connectivity index (χ4v) is 2.12. The van der Waals surface area contributed by atoms with Crippen LogP contribution >= 0.6 is 0 Å². The Labute approximate surface area is 118 Å². The standard InChI is InChI=1S/C15H30N4/c1-14(2)16-9-7-5-6-8-11-18(3)13-15-17-10-12-19(15)4/h10,12,14,16H,5-9,11,13H2,1-4H3. The first-order valence-corrected chi connectivity index (χ1v) is 7.47. The third-order valence-electron chi connectivity index (χ3n) is 3.35. The molecule has 0 radical (unpaired) electrons. The number of hydrogen-bond acceptors (Lipinski definition) is 3. The van der Waals surface area contributed by atoms with Crippen LogP contribution in [0, 0.1) is 0 Å². The van der Waals surface area contributed by atoms with E-state index in [1.165, 1.54) is 25.7 Å². The maximum Gasteiger partial charge on any atom is 0.122 e. The number of imidazole rings is 1. The molecule has 0 unspecified atom stereocenters. The summed E-state index contributed by atoms with van der Waals surface area (Å²) in [5, 5.41) is 3.46. The Kier molecular flexibility index (Phi) is 7.75. The van der Waals surface area contributed by atoms with Gasteiger partial charge in [-0.25, -0.2) is 4.98 Å². The van der Waals surface area contributed by atoms with Gasteiger partial charge in [0.25, 0.3) is 0 Å². The maximum atomic E-state index is 4.35. The second-order valence-corrected chi connectivity index (χ2v) is 5.72. The first kappa shape index (κ1) is 16.2. The highest BCUT2D eigenvalue weighted by Gasteiger charge is 2.03. The Bertz CT molecular complexity index is 333. The SMILES string of the molecule is CC(C)NCCCCCCN(C)Cc1nccn1C. The van der Waals surface area contributed by atoms with Crippen molar-refractivity contribution in [2.24, 2.45) is 7.05 Å². The molecule has 19 heavy (non-hydrogen) atoms. The van der Waals surface area contributed by atoms with Crippen LogP contribution < -0.4 is 5.32 Å². The van der Waals surface area contributed by atoms with E-state index < -0.39 is 0 Å². The highest BCUT2D eigenvalue weighted by molar-refractivity contribution is 4.90. The highest BCUT2D eigenvalue weighted by atomic mass is 15.1. The highest BCUT2D eigenvalue weighted by Crippen LogP contribution is 2.04. The molecule has 1 aromatic rings. The minimum atomic E-state index is 0.615. The van der Waals surface area contributed by atoms with Crippen LogP contribution in [0.4, 0.5) is 0 Å². The summed E-state index contributed by atoms with van der Waals surface area (Å²) in [6, 6.07) is 0.615. The second kappa shape index (κ2) is 9.10. The normalized spacial score (nSPS) is 11.7. The zero-order chi connectivity index (χ0) is 14.1. The molecular weight excluding hydrogens is 236 g/mol. The minimum Gasteiger partial charge on any atom is -0.337 e. The summed E-state index contributed by atoms with van der Waals surface area (Å²) in [6.07, 6.45) is 9.10. The van der Waals surface area contributed by atoms with Crippen molar-refractivity contribution < 1.29 is 0 Å². The van der Waals surface area contributed by atoms with Gasteiger partial charge in [0.1, 0.15) is 5.82 Å². The van der Waals surface area contributed by atoms with Gasteiger partial charge in [-0.1, -0.05) is 26.7 Å². The lowest BCUT2D eigenvalue weighted by Gasteiger charge is -2.16. The zero-order valence-electron chi connectivity index (χ0n) is 13.0. The summed E-state index contributed by atoms with van der Waals surface area (Å²) < 4.78 is 2.09. The van der Waals surface area contributed by atoms with E-state index in [0.29, 0.717) is 6.04 Å². The summed E-state index contributed by atoms with van der Waals surface area (Å²) >= 11 is 0. The van der Waals surface area contributed by atoms with Gasteiger partial charge in [0.05, 0.1) is 6.54 Å². The van der Waals surface area contributed by atoms with E-state index in [-0.39, 0.29) is 0 Å². The molecule has 4 nitrogen and oxygen atoms in total. The molecule has 0 aromatic carbocycles. The molecule has 0 fully saturated rings. The Morgan fingerprint density at radius 2 is 2.00 bits per heavy atom. The van der Waals surface area contributed by atoms with Gasteiger partial charge in [-0.05, 0) is 33.0 Å². The van der Waals surface area contributed by atoms with Crippen molar-refractivity contribution in [1.82, 2.24) is 19.8 Å².